The minimum absolute atomic E-state index is 0.0705. The zero-order chi connectivity index (χ0) is 13.1. The molecule has 0 aromatic heterocycles. The molecule has 7 heteroatoms. The van der Waals surface area contributed by atoms with Crippen molar-refractivity contribution in [2.24, 2.45) is 5.92 Å². The van der Waals surface area contributed by atoms with E-state index in [1.54, 1.807) is 6.92 Å². The number of hydrogen-bond acceptors (Lipinski definition) is 3. The lowest BCUT2D eigenvalue weighted by atomic mass is 10.0. The molecule has 6 nitrogen and oxygen atoms in total. The van der Waals surface area contributed by atoms with E-state index in [1.165, 1.54) is 4.31 Å². The van der Waals surface area contributed by atoms with Gasteiger partial charge in [0.1, 0.15) is 0 Å². The lowest BCUT2D eigenvalue weighted by molar-refractivity contribution is -0.142. The second kappa shape index (κ2) is 5.79. The maximum Gasteiger partial charge on any atom is 0.307 e. The van der Waals surface area contributed by atoms with Gasteiger partial charge >= 0.3 is 5.97 Å². The molecule has 1 saturated heterocycles. The number of nitrogens with zero attached hydrogens (tertiary/aromatic N) is 1. The molecular weight excluding hydrogens is 244 g/mol. The van der Waals surface area contributed by atoms with Gasteiger partial charge in [0.05, 0.1) is 5.92 Å². The largest absolute Gasteiger partial charge is 0.481 e. The Kier molecular flexibility index (Phi) is 4.91. The predicted molar refractivity (Wildman–Crippen MR) is 63.7 cm³/mol. The summed E-state index contributed by atoms with van der Waals surface area (Å²) in [5, 5.41) is 8.91. The molecule has 0 aliphatic carbocycles. The minimum atomic E-state index is -3.54. The Labute approximate surface area is 102 Å². The van der Waals surface area contributed by atoms with Gasteiger partial charge in [0, 0.05) is 19.1 Å². The van der Waals surface area contributed by atoms with Crippen molar-refractivity contribution in [1.82, 2.24) is 9.03 Å². The van der Waals surface area contributed by atoms with E-state index in [-0.39, 0.29) is 12.6 Å². The fourth-order valence-electron chi connectivity index (χ4n) is 1.77. The summed E-state index contributed by atoms with van der Waals surface area (Å²) in [5.41, 5.74) is 0. The number of carbonyl (C=O) groups is 1. The first-order valence-electron chi connectivity index (χ1n) is 5.87. The third-order valence-electron chi connectivity index (χ3n) is 3.04. The van der Waals surface area contributed by atoms with Gasteiger partial charge in [0.15, 0.2) is 0 Å². The Morgan fingerprint density at radius 2 is 2.24 bits per heavy atom. The number of aliphatic carboxylic acids is 1. The first kappa shape index (κ1) is 14.4. The first-order valence-corrected chi connectivity index (χ1v) is 7.31. The molecule has 100 valence electrons. The molecule has 0 saturated carbocycles. The Morgan fingerprint density at radius 1 is 1.59 bits per heavy atom. The quantitative estimate of drug-likeness (QED) is 0.753. The molecule has 2 N–H and O–H groups in total. The topological polar surface area (TPSA) is 86.7 Å². The summed E-state index contributed by atoms with van der Waals surface area (Å²) in [6, 6.07) is -0.134. The summed E-state index contributed by atoms with van der Waals surface area (Å²) in [6.07, 6.45) is 1.85. The molecule has 1 heterocycles. The van der Waals surface area contributed by atoms with Crippen LogP contribution in [-0.2, 0) is 15.0 Å². The number of piperidine rings is 1. The van der Waals surface area contributed by atoms with Gasteiger partial charge in [-0.25, -0.2) is 0 Å². The fourth-order valence-corrected chi connectivity index (χ4v) is 3.34. The van der Waals surface area contributed by atoms with E-state index >= 15 is 0 Å². The summed E-state index contributed by atoms with van der Waals surface area (Å²) in [7, 11) is -3.54. The van der Waals surface area contributed by atoms with Gasteiger partial charge in [-0.15, -0.1) is 0 Å². The monoisotopic (exact) mass is 264 g/mol. The average Bonchev–Trinajstić information content (AvgIpc) is 2.28. The van der Waals surface area contributed by atoms with E-state index in [9.17, 15) is 13.2 Å². The third kappa shape index (κ3) is 3.93. The highest BCUT2D eigenvalue weighted by molar-refractivity contribution is 7.87. The van der Waals surface area contributed by atoms with Crippen LogP contribution in [0.3, 0.4) is 0 Å². The molecule has 1 fully saturated rings. The summed E-state index contributed by atoms with van der Waals surface area (Å²) >= 11 is 0. The van der Waals surface area contributed by atoms with Crippen LogP contribution >= 0.6 is 0 Å². The predicted octanol–water partition coefficient (Wildman–Crippen LogP) is 0.416. The second-order valence-corrected chi connectivity index (χ2v) is 6.17. The van der Waals surface area contributed by atoms with Crippen molar-refractivity contribution in [2.75, 3.05) is 13.1 Å². The van der Waals surface area contributed by atoms with Gasteiger partial charge in [-0.05, 0) is 26.2 Å². The van der Waals surface area contributed by atoms with Crippen molar-refractivity contribution in [3.05, 3.63) is 0 Å². The van der Waals surface area contributed by atoms with E-state index in [2.05, 4.69) is 4.72 Å². The highest BCUT2D eigenvalue weighted by Crippen LogP contribution is 2.18. The van der Waals surface area contributed by atoms with Crippen LogP contribution in [0, 0.1) is 5.92 Å². The molecule has 0 amide bonds. The van der Waals surface area contributed by atoms with Crippen LogP contribution in [0.25, 0.3) is 0 Å². The van der Waals surface area contributed by atoms with Gasteiger partial charge in [0.2, 0.25) is 0 Å². The summed E-state index contributed by atoms with van der Waals surface area (Å²) < 4.78 is 27.7. The normalized spacial score (nSPS) is 24.5. The number of hydrogen-bond donors (Lipinski definition) is 2. The van der Waals surface area contributed by atoms with Gasteiger partial charge in [-0.2, -0.15) is 17.4 Å². The SMILES string of the molecule is CCC(C)NS(=O)(=O)N1CCCC(C(=O)O)C1. The highest BCUT2D eigenvalue weighted by atomic mass is 32.2. The molecule has 1 rings (SSSR count). The van der Waals surface area contributed by atoms with E-state index in [1.807, 2.05) is 6.92 Å². The molecule has 17 heavy (non-hydrogen) atoms. The molecule has 2 unspecified atom stereocenters. The van der Waals surface area contributed by atoms with Crippen LogP contribution in [0.15, 0.2) is 0 Å². The zero-order valence-electron chi connectivity index (χ0n) is 10.2. The summed E-state index contributed by atoms with van der Waals surface area (Å²) in [6.45, 7) is 4.15. The number of rotatable bonds is 5. The molecule has 0 bridgehead atoms. The van der Waals surface area contributed by atoms with Crippen LogP contribution in [0.5, 0.6) is 0 Å². The van der Waals surface area contributed by atoms with Gasteiger partial charge in [-0.3, -0.25) is 4.79 Å². The van der Waals surface area contributed by atoms with E-state index in [4.69, 9.17) is 5.11 Å². The smallest absolute Gasteiger partial charge is 0.307 e. The average molecular weight is 264 g/mol. The summed E-state index contributed by atoms with van der Waals surface area (Å²) in [5.74, 6) is -1.51. The van der Waals surface area contributed by atoms with Crippen molar-refractivity contribution in [1.29, 1.82) is 0 Å². The molecule has 0 aromatic rings. The number of nitrogens with one attached hydrogen (secondary N) is 1. The lowest BCUT2D eigenvalue weighted by Gasteiger charge is -2.30. The minimum Gasteiger partial charge on any atom is -0.481 e. The van der Waals surface area contributed by atoms with Crippen LogP contribution < -0.4 is 4.72 Å². The van der Waals surface area contributed by atoms with Crippen molar-refractivity contribution in [3.63, 3.8) is 0 Å². The van der Waals surface area contributed by atoms with Gasteiger partial charge in [-0.1, -0.05) is 6.92 Å². The molecule has 1 aliphatic heterocycles. The van der Waals surface area contributed by atoms with E-state index in [0.29, 0.717) is 25.8 Å². The molecule has 0 aromatic carbocycles. The van der Waals surface area contributed by atoms with E-state index < -0.39 is 22.1 Å². The van der Waals surface area contributed by atoms with Crippen LogP contribution in [0.4, 0.5) is 0 Å². The van der Waals surface area contributed by atoms with E-state index in [0.717, 1.165) is 0 Å². The fraction of sp³-hybridized carbons (Fsp3) is 0.900. The first-order chi connectivity index (χ1) is 7.86. The number of carboxylic acid groups (broad SMARTS) is 1. The van der Waals surface area contributed by atoms with Crippen molar-refractivity contribution in [2.45, 2.75) is 39.2 Å². The third-order valence-corrected chi connectivity index (χ3v) is 4.75. The maximum absolute atomic E-state index is 11.9. The molecule has 2 atom stereocenters. The molecule has 1 aliphatic rings. The van der Waals surface area contributed by atoms with Crippen molar-refractivity contribution in [3.8, 4) is 0 Å². The zero-order valence-corrected chi connectivity index (χ0v) is 11.0. The van der Waals surface area contributed by atoms with Crippen LogP contribution in [-0.4, -0.2) is 42.9 Å². The molecule has 0 spiro atoms. The Morgan fingerprint density at radius 3 is 2.76 bits per heavy atom. The highest BCUT2D eigenvalue weighted by Gasteiger charge is 2.32. The van der Waals surface area contributed by atoms with Gasteiger partial charge < -0.3 is 5.11 Å². The Balaban J connectivity index is 2.68. The lowest BCUT2D eigenvalue weighted by Crippen LogP contribution is -2.49. The van der Waals surface area contributed by atoms with Crippen molar-refractivity contribution < 1.29 is 18.3 Å². The van der Waals surface area contributed by atoms with Crippen LogP contribution in [0.2, 0.25) is 0 Å². The van der Waals surface area contributed by atoms with Crippen molar-refractivity contribution >= 4 is 16.2 Å². The second-order valence-electron chi connectivity index (χ2n) is 4.47. The standard InChI is InChI=1S/C10H20N2O4S/c1-3-8(2)11-17(15,16)12-6-4-5-9(7-12)10(13)14/h8-9,11H,3-7H2,1-2H3,(H,13,14). The Bertz CT molecular complexity index is 369. The maximum atomic E-state index is 11.9. The van der Waals surface area contributed by atoms with Crippen LogP contribution in [0.1, 0.15) is 33.1 Å². The molecular formula is C10H20N2O4S. The number of carboxylic acids is 1. The Hall–Kier alpha value is -0.660. The summed E-state index contributed by atoms with van der Waals surface area (Å²) in [4.78, 5) is 10.9. The molecule has 0 radical (unpaired) electrons. The van der Waals surface area contributed by atoms with Gasteiger partial charge in [0.25, 0.3) is 10.2 Å².